The molecule has 0 saturated carbocycles. The van der Waals surface area contributed by atoms with Gasteiger partial charge in [-0.15, -0.1) is 0 Å². The average molecular weight is 193 g/mol. The van der Waals surface area contributed by atoms with E-state index in [-0.39, 0.29) is 0 Å². The summed E-state index contributed by atoms with van der Waals surface area (Å²) < 4.78 is 0. The maximum atomic E-state index is 3.57. The molecule has 0 atom stereocenters. The molecular formula is C11H15NS. The fourth-order valence-corrected chi connectivity index (χ4v) is 2.08. The summed E-state index contributed by atoms with van der Waals surface area (Å²) in [7, 11) is 0. The molecule has 70 valence electrons. The van der Waals surface area contributed by atoms with Gasteiger partial charge in [0.2, 0.25) is 0 Å². The number of nitrogens with one attached hydrogen (secondary N) is 1. The zero-order valence-electron chi connectivity index (χ0n) is 8.13. The smallest absolute Gasteiger partial charge is 0.0442 e. The van der Waals surface area contributed by atoms with Crippen LogP contribution in [0.15, 0.2) is 18.2 Å². The van der Waals surface area contributed by atoms with Crippen molar-refractivity contribution < 1.29 is 0 Å². The molecule has 0 radical (unpaired) electrons. The third-order valence-electron chi connectivity index (χ3n) is 2.60. The summed E-state index contributed by atoms with van der Waals surface area (Å²) in [6.45, 7) is 4.35. The van der Waals surface area contributed by atoms with Crippen LogP contribution in [0.4, 0.5) is 5.69 Å². The maximum Gasteiger partial charge on any atom is 0.0442 e. The Morgan fingerprint density at radius 2 is 2.08 bits per heavy atom. The van der Waals surface area contributed by atoms with Crippen molar-refractivity contribution in [3.05, 3.63) is 29.3 Å². The molecule has 0 bridgehead atoms. The van der Waals surface area contributed by atoms with Crippen LogP contribution in [-0.2, 0) is 0 Å². The number of rotatable bonds is 2. The van der Waals surface area contributed by atoms with Gasteiger partial charge < -0.3 is 5.32 Å². The average Bonchev–Trinajstić information content (AvgIpc) is 2.04. The SMILES string of the molecule is Cc1cccc(NC2CSC2)c1C. The highest BCUT2D eigenvalue weighted by Crippen LogP contribution is 2.25. The summed E-state index contributed by atoms with van der Waals surface area (Å²) in [6, 6.07) is 7.16. The van der Waals surface area contributed by atoms with Crippen molar-refractivity contribution in [2.24, 2.45) is 0 Å². The van der Waals surface area contributed by atoms with Gasteiger partial charge in [-0.05, 0) is 31.0 Å². The van der Waals surface area contributed by atoms with Crippen LogP contribution in [0.1, 0.15) is 11.1 Å². The van der Waals surface area contributed by atoms with Crippen molar-refractivity contribution in [2.45, 2.75) is 19.9 Å². The first-order valence-corrected chi connectivity index (χ1v) is 5.83. The molecule has 1 N–H and O–H groups in total. The number of hydrogen-bond donors (Lipinski definition) is 1. The van der Waals surface area contributed by atoms with Crippen LogP contribution in [0.25, 0.3) is 0 Å². The van der Waals surface area contributed by atoms with Crippen LogP contribution in [0, 0.1) is 13.8 Å². The van der Waals surface area contributed by atoms with E-state index in [4.69, 9.17) is 0 Å². The molecule has 1 aliphatic rings. The van der Waals surface area contributed by atoms with Crippen molar-refractivity contribution in [3.63, 3.8) is 0 Å². The van der Waals surface area contributed by atoms with Gasteiger partial charge in [-0.2, -0.15) is 11.8 Å². The van der Waals surface area contributed by atoms with E-state index in [2.05, 4.69) is 37.4 Å². The first kappa shape index (κ1) is 8.95. The van der Waals surface area contributed by atoms with E-state index in [1.54, 1.807) is 0 Å². The van der Waals surface area contributed by atoms with Crippen molar-refractivity contribution >= 4 is 17.4 Å². The molecule has 0 amide bonds. The molecular weight excluding hydrogens is 178 g/mol. The topological polar surface area (TPSA) is 12.0 Å². The summed E-state index contributed by atoms with van der Waals surface area (Å²) in [4.78, 5) is 0. The van der Waals surface area contributed by atoms with Gasteiger partial charge in [0, 0.05) is 23.2 Å². The molecule has 0 aromatic heterocycles. The summed E-state index contributed by atoms with van der Waals surface area (Å²) in [5, 5.41) is 3.57. The highest BCUT2D eigenvalue weighted by atomic mass is 32.2. The molecule has 1 fully saturated rings. The third-order valence-corrected chi connectivity index (χ3v) is 3.88. The van der Waals surface area contributed by atoms with Gasteiger partial charge in [0.15, 0.2) is 0 Å². The van der Waals surface area contributed by atoms with Gasteiger partial charge >= 0.3 is 0 Å². The van der Waals surface area contributed by atoms with E-state index >= 15 is 0 Å². The van der Waals surface area contributed by atoms with Crippen LogP contribution < -0.4 is 5.32 Å². The van der Waals surface area contributed by atoms with Crippen LogP contribution >= 0.6 is 11.8 Å². The minimum absolute atomic E-state index is 0.700. The lowest BCUT2D eigenvalue weighted by atomic mass is 10.1. The molecule has 2 rings (SSSR count). The number of anilines is 1. The van der Waals surface area contributed by atoms with Crippen LogP contribution in [-0.4, -0.2) is 17.5 Å². The largest absolute Gasteiger partial charge is 0.380 e. The Labute approximate surface area is 83.9 Å². The zero-order valence-corrected chi connectivity index (χ0v) is 8.95. The molecule has 1 heterocycles. The predicted octanol–water partition coefficient (Wildman–Crippen LogP) is 2.83. The molecule has 0 aliphatic carbocycles. The fraction of sp³-hybridized carbons (Fsp3) is 0.455. The molecule has 13 heavy (non-hydrogen) atoms. The van der Waals surface area contributed by atoms with Crippen molar-refractivity contribution in [3.8, 4) is 0 Å². The number of thioether (sulfide) groups is 1. The molecule has 1 aromatic rings. The molecule has 1 nitrogen and oxygen atoms in total. The third kappa shape index (κ3) is 1.83. The van der Waals surface area contributed by atoms with Crippen molar-refractivity contribution in [2.75, 3.05) is 16.8 Å². The first-order valence-electron chi connectivity index (χ1n) is 4.68. The van der Waals surface area contributed by atoms with Gasteiger partial charge in [0.25, 0.3) is 0 Å². The second-order valence-electron chi connectivity index (χ2n) is 3.63. The molecule has 2 heteroatoms. The Kier molecular flexibility index (Phi) is 2.49. The second kappa shape index (κ2) is 3.62. The highest BCUT2D eigenvalue weighted by molar-refractivity contribution is 8.00. The zero-order chi connectivity index (χ0) is 9.26. The van der Waals surface area contributed by atoms with E-state index in [1.807, 2.05) is 11.8 Å². The Morgan fingerprint density at radius 3 is 2.69 bits per heavy atom. The summed E-state index contributed by atoms with van der Waals surface area (Å²) in [5.74, 6) is 2.51. The standard InChI is InChI=1S/C11H15NS/c1-8-4-3-5-11(9(8)2)12-10-6-13-7-10/h3-5,10,12H,6-7H2,1-2H3. The summed E-state index contributed by atoms with van der Waals surface area (Å²) in [6.07, 6.45) is 0. The molecule has 1 aromatic carbocycles. The van der Waals surface area contributed by atoms with Crippen molar-refractivity contribution in [1.82, 2.24) is 0 Å². The Morgan fingerprint density at radius 1 is 1.31 bits per heavy atom. The van der Waals surface area contributed by atoms with E-state index in [9.17, 15) is 0 Å². The minimum atomic E-state index is 0.700. The van der Waals surface area contributed by atoms with Gasteiger partial charge in [0.1, 0.15) is 0 Å². The summed E-state index contributed by atoms with van der Waals surface area (Å²) in [5.41, 5.74) is 4.07. The molecule has 0 unspecified atom stereocenters. The predicted molar refractivity (Wildman–Crippen MR) is 60.7 cm³/mol. The van der Waals surface area contributed by atoms with Crippen LogP contribution in [0.3, 0.4) is 0 Å². The minimum Gasteiger partial charge on any atom is -0.380 e. The summed E-state index contributed by atoms with van der Waals surface area (Å²) >= 11 is 2.01. The lowest BCUT2D eigenvalue weighted by Gasteiger charge is -2.28. The van der Waals surface area contributed by atoms with Gasteiger partial charge in [-0.25, -0.2) is 0 Å². The highest BCUT2D eigenvalue weighted by Gasteiger charge is 2.18. The Balaban J connectivity index is 2.14. The fourth-order valence-electron chi connectivity index (χ4n) is 1.45. The van der Waals surface area contributed by atoms with E-state index < -0.39 is 0 Å². The molecule has 0 spiro atoms. The normalized spacial score (nSPS) is 16.8. The number of benzene rings is 1. The maximum absolute atomic E-state index is 3.57. The van der Waals surface area contributed by atoms with E-state index in [0.717, 1.165) is 0 Å². The van der Waals surface area contributed by atoms with Crippen molar-refractivity contribution in [1.29, 1.82) is 0 Å². The lowest BCUT2D eigenvalue weighted by molar-refractivity contribution is 0.880. The molecule has 1 saturated heterocycles. The van der Waals surface area contributed by atoms with Gasteiger partial charge in [-0.3, -0.25) is 0 Å². The van der Waals surface area contributed by atoms with E-state index in [1.165, 1.54) is 28.3 Å². The molecule has 1 aliphatic heterocycles. The van der Waals surface area contributed by atoms with Gasteiger partial charge in [0.05, 0.1) is 0 Å². The Hall–Kier alpha value is -0.630. The second-order valence-corrected chi connectivity index (χ2v) is 4.70. The quantitative estimate of drug-likeness (QED) is 0.775. The monoisotopic (exact) mass is 193 g/mol. The Bertz CT molecular complexity index is 305. The van der Waals surface area contributed by atoms with Crippen LogP contribution in [0.2, 0.25) is 0 Å². The number of aryl methyl sites for hydroxylation is 1. The van der Waals surface area contributed by atoms with Crippen LogP contribution in [0.5, 0.6) is 0 Å². The first-order chi connectivity index (χ1) is 6.27. The van der Waals surface area contributed by atoms with E-state index in [0.29, 0.717) is 6.04 Å². The lowest BCUT2D eigenvalue weighted by Crippen LogP contribution is -2.33. The number of hydrogen-bond acceptors (Lipinski definition) is 2. The van der Waals surface area contributed by atoms with Gasteiger partial charge in [-0.1, -0.05) is 12.1 Å².